The van der Waals surface area contributed by atoms with Crippen LogP contribution in [0.15, 0.2) is 54.6 Å². The number of esters is 1. The monoisotopic (exact) mass is 425 g/mol. The number of thiophene rings is 1. The molecule has 4 nitrogen and oxygen atoms in total. The van der Waals surface area contributed by atoms with Gasteiger partial charge in [-0.3, -0.25) is 4.79 Å². The number of anilines is 1. The van der Waals surface area contributed by atoms with Gasteiger partial charge in [0.05, 0.1) is 16.5 Å². The van der Waals surface area contributed by atoms with E-state index in [-0.39, 0.29) is 18.4 Å². The molecule has 0 bridgehead atoms. The van der Waals surface area contributed by atoms with Crippen LogP contribution in [0.2, 0.25) is 4.34 Å². The Morgan fingerprint density at radius 1 is 1.07 bits per heavy atom. The molecule has 1 aromatic heterocycles. The first-order valence-corrected chi connectivity index (χ1v) is 10.7. The molecule has 2 aromatic carbocycles. The summed E-state index contributed by atoms with van der Waals surface area (Å²) >= 11 is 7.82. The number of nitrogens with one attached hydrogen (secondary N) is 1. The Kier molecular flexibility index (Phi) is 5.69. The van der Waals surface area contributed by atoms with Gasteiger partial charge in [0.1, 0.15) is 5.00 Å². The molecule has 148 valence electrons. The van der Waals surface area contributed by atoms with E-state index in [0.29, 0.717) is 20.5 Å². The molecule has 0 saturated heterocycles. The molecule has 0 unspecified atom stereocenters. The Morgan fingerprint density at radius 3 is 2.31 bits per heavy atom. The maximum absolute atomic E-state index is 12.8. The number of rotatable bonds is 5. The van der Waals surface area contributed by atoms with Crippen molar-refractivity contribution in [3.05, 3.63) is 86.8 Å². The van der Waals surface area contributed by atoms with Crippen molar-refractivity contribution in [3.63, 3.8) is 0 Å². The zero-order valence-corrected chi connectivity index (χ0v) is 17.5. The van der Waals surface area contributed by atoms with Gasteiger partial charge >= 0.3 is 5.97 Å². The molecule has 1 aliphatic rings. The highest BCUT2D eigenvalue weighted by atomic mass is 35.5. The second-order valence-electron chi connectivity index (χ2n) is 6.91. The number of fused-ring (bicyclic) bond motifs is 1. The number of benzene rings is 2. The van der Waals surface area contributed by atoms with Crippen molar-refractivity contribution in [1.29, 1.82) is 0 Å². The smallest absolute Gasteiger partial charge is 0.341 e. The van der Waals surface area contributed by atoms with E-state index in [1.807, 2.05) is 18.2 Å². The standard InChI is InChI=1S/C23H20ClNO3S/c1-2-28-23(27)19-18(17-12-15-10-6-7-11-16(15)13-17)20(24)29-22(19)25-21(26)14-8-4-3-5-9-14/h3-11,17H,2,12-13H2,1H3,(H,25,26). The fraction of sp³-hybridized carbons (Fsp3) is 0.217. The van der Waals surface area contributed by atoms with E-state index in [1.165, 1.54) is 22.5 Å². The Labute approximate surface area is 178 Å². The molecular formula is C23H20ClNO3S. The third kappa shape index (κ3) is 3.93. The summed E-state index contributed by atoms with van der Waals surface area (Å²) < 4.78 is 5.83. The summed E-state index contributed by atoms with van der Waals surface area (Å²) in [4.78, 5) is 25.5. The molecule has 0 saturated carbocycles. The average molecular weight is 426 g/mol. The van der Waals surface area contributed by atoms with Crippen LogP contribution in [0.4, 0.5) is 5.00 Å². The third-order valence-corrected chi connectivity index (χ3v) is 6.45. The minimum Gasteiger partial charge on any atom is -0.462 e. The SMILES string of the molecule is CCOC(=O)c1c(NC(=O)c2ccccc2)sc(Cl)c1C1Cc2ccccc2C1. The second-order valence-corrected chi connectivity index (χ2v) is 8.53. The number of ether oxygens (including phenoxy) is 1. The van der Waals surface area contributed by atoms with Gasteiger partial charge in [0, 0.05) is 11.1 Å². The summed E-state index contributed by atoms with van der Waals surface area (Å²) in [6.07, 6.45) is 1.62. The largest absolute Gasteiger partial charge is 0.462 e. The number of amides is 1. The zero-order chi connectivity index (χ0) is 20.4. The van der Waals surface area contributed by atoms with Crippen molar-refractivity contribution in [1.82, 2.24) is 0 Å². The minimum absolute atomic E-state index is 0.0814. The molecule has 0 aliphatic heterocycles. The summed E-state index contributed by atoms with van der Waals surface area (Å²) in [5.74, 6) is -0.654. The van der Waals surface area contributed by atoms with Gasteiger partial charge in [-0.25, -0.2) is 4.79 Å². The molecule has 1 amide bonds. The van der Waals surface area contributed by atoms with Gasteiger partial charge in [-0.1, -0.05) is 54.1 Å². The Bertz CT molecular complexity index is 1040. The van der Waals surface area contributed by atoms with Crippen LogP contribution in [0.25, 0.3) is 0 Å². The van der Waals surface area contributed by atoms with Crippen molar-refractivity contribution in [2.75, 3.05) is 11.9 Å². The number of halogens is 1. The fourth-order valence-corrected chi connectivity index (χ4v) is 5.28. The van der Waals surface area contributed by atoms with Crippen LogP contribution in [0, 0.1) is 0 Å². The molecule has 0 fully saturated rings. The molecule has 1 heterocycles. The van der Waals surface area contributed by atoms with Crippen LogP contribution < -0.4 is 5.32 Å². The summed E-state index contributed by atoms with van der Waals surface area (Å²) in [5.41, 5.74) is 4.20. The third-order valence-electron chi connectivity index (χ3n) is 5.10. The first-order valence-electron chi connectivity index (χ1n) is 9.51. The van der Waals surface area contributed by atoms with Crippen LogP contribution in [-0.4, -0.2) is 18.5 Å². The predicted molar refractivity (Wildman–Crippen MR) is 116 cm³/mol. The Balaban J connectivity index is 1.70. The molecular weight excluding hydrogens is 406 g/mol. The maximum atomic E-state index is 12.8. The first kappa shape index (κ1) is 19.7. The molecule has 0 spiro atoms. The summed E-state index contributed by atoms with van der Waals surface area (Å²) in [6.45, 7) is 2.02. The number of hydrogen-bond donors (Lipinski definition) is 1. The fourth-order valence-electron chi connectivity index (χ4n) is 3.80. The average Bonchev–Trinajstić information content (AvgIpc) is 3.29. The first-order chi connectivity index (χ1) is 14.1. The lowest BCUT2D eigenvalue weighted by atomic mass is 9.94. The Morgan fingerprint density at radius 2 is 1.69 bits per heavy atom. The molecule has 4 rings (SSSR count). The molecule has 29 heavy (non-hydrogen) atoms. The van der Waals surface area contributed by atoms with Crippen molar-refractivity contribution in [2.24, 2.45) is 0 Å². The van der Waals surface area contributed by atoms with Gasteiger partial charge in [-0.15, -0.1) is 11.3 Å². The van der Waals surface area contributed by atoms with Gasteiger partial charge in [0.25, 0.3) is 5.91 Å². The van der Waals surface area contributed by atoms with Gasteiger partial charge in [0.15, 0.2) is 0 Å². The van der Waals surface area contributed by atoms with E-state index in [4.69, 9.17) is 16.3 Å². The Hall–Kier alpha value is -2.63. The lowest BCUT2D eigenvalue weighted by Crippen LogP contribution is -2.16. The van der Waals surface area contributed by atoms with Crippen LogP contribution >= 0.6 is 22.9 Å². The van der Waals surface area contributed by atoms with Crippen LogP contribution in [0.1, 0.15) is 50.2 Å². The minimum atomic E-state index is -0.454. The van der Waals surface area contributed by atoms with Crippen molar-refractivity contribution in [3.8, 4) is 0 Å². The van der Waals surface area contributed by atoms with E-state index in [0.717, 1.165) is 18.4 Å². The molecule has 1 aliphatic carbocycles. The second kappa shape index (κ2) is 8.39. The molecule has 6 heteroatoms. The van der Waals surface area contributed by atoms with Gasteiger partial charge in [-0.2, -0.15) is 0 Å². The van der Waals surface area contributed by atoms with Crippen molar-refractivity contribution < 1.29 is 14.3 Å². The maximum Gasteiger partial charge on any atom is 0.341 e. The van der Waals surface area contributed by atoms with Gasteiger partial charge in [-0.05, 0) is 48.9 Å². The lowest BCUT2D eigenvalue weighted by Gasteiger charge is -2.13. The van der Waals surface area contributed by atoms with Crippen LogP contribution in [0.5, 0.6) is 0 Å². The lowest BCUT2D eigenvalue weighted by molar-refractivity contribution is 0.0526. The molecule has 0 radical (unpaired) electrons. The molecule has 3 aromatic rings. The zero-order valence-electron chi connectivity index (χ0n) is 15.9. The summed E-state index contributed by atoms with van der Waals surface area (Å²) in [5, 5.41) is 3.30. The van der Waals surface area contributed by atoms with E-state index >= 15 is 0 Å². The topological polar surface area (TPSA) is 55.4 Å². The normalized spacial score (nSPS) is 13.2. The highest BCUT2D eigenvalue weighted by molar-refractivity contribution is 7.20. The van der Waals surface area contributed by atoms with E-state index in [9.17, 15) is 9.59 Å². The van der Waals surface area contributed by atoms with Crippen LogP contribution in [0.3, 0.4) is 0 Å². The summed E-state index contributed by atoms with van der Waals surface area (Å²) in [6, 6.07) is 17.1. The predicted octanol–water partition coefficient (Wildman–Crippen LogP) is 5.71. The molecule has 1 N–H and O–H groups in total. The highest BCUT2D eigenvalue weighted by Gasteiger charge is 2.33. The van der Waals surface area contributed by atoms with Crippen molar-refractivity contribution in [2.45, 2.75) is 25.7 Å². The van der Waals surface area contributed by atoms with E-state index < -0.39 is 5.97 Å². The van der Waals surface area contributed by atoms with Gasteiger partial charge in [0.2, 0.25) is 0 Å². The van der Waals surface area contributed by atoms with Crippen molar-refractivity contribution >= 4 is 39.8 Å². The molecule has 0 atom stereocenters. The van der Waals surface area contributed by atoms with Gasteiger partial charge < -0.3 is 10.1 Å². The quantitative estimate of drug-likeness (QED) is 0.532. The van der Waals surface area contributed by atoms with E-state index in [1.54, 1.807) is 31.2 Å². The number of carbonyl (C=O) groups is 2. The number of hydrogen-bond acceptors (Lipinski definition) is 4. The highest BCUT2D eigenvalue weighted by Crippen LogP contribution is 2.46. The number of carbonyl (C=O) groups excluding carboxylic acids is 2. The van der Waals surface area contributed by atoms with E-state index in [2.05, 4.69) is 17.4 Å². The van der Waals surface area contributed by atoms with Crippen LogP contribution in [-0.2, 0) is 17.6 Å². The summed E-state index contributed by atoms with van der Waals surface area (Å²) in [7, 11) is 0.